The fourth-order valence-electron chi connectivity index (χ4n) is 0.896. The molecule has 1 aromatic rings. The number of ether oxygens (including phenoxy) is 1. The molecule has 1 rings (SSSR count). The van der Waals surface area contributed by atoms with E-state index < -0.39 is 5.97 Å². The first-order valence-corrected chi connectivity index (χ1v) is 3.95. The second-order valence-electron chi connectivity index (χ2n) is 2.60. The first-order chi connectivity index (χ1) is 6.63. The summed E-state index contributed by atoms with van der Waals surface area (Å²) in [6.45, 7) is 1.40. The number of nitrogens with zero attached hydrogens (tertiary/aromatic N) is 1. The van der Waals surface area contributed by atoms with Gasteiger partial charge >= 0.3 is 5.97 Å². The highest BCUT2D eigenvalue weighted by Crippen LogP contribution is 2.06. The molecule has 1 aromatic heterocycles. The molecule has 0 bridgehead atoms. The number of hydrogen-bond acceptors (Lipinski definition) is 4. The lowest BCUT2D eigenvalue weighted by atomic mass is 10.3. The van der Waals surface area contributed by atoms with Crippen molar-refractivity contribution in [3.63, 3.8) is 0 Å². The highest BCUT2D eigenvalue weighted by atomic mass is 16.5. The Morgan fingerprint density at radius 2 is 2.14 bits per heavy atom. The quantitative estimate of drug-likeness (QED) is 0.708. The number of hydrogen-bond donors (Lipinski definition) is 1. The molecule has 0 aliphatic heterocycles. The third-order valence-corrected chi connectivity index (χ3v) is 1.48. The standard InChI is InChI=1S/C9H10N2O3/c1-6(12)11-7-3-4-8(10-5-7)9(13)14-2/h3-5H,1-2H3,(H,11,12). The largest absolute Gasteiger partial charge is 0.464 e. The smallest absolute Gasteiger partial charge is 0.356 e. The number of rotatable bonds is 2. The summed E-state index contributed by atoms with van der Waals surface area (Å²) in [7, 11) is 1.28. The van der Waals surface area contributed by atoms with Crippen LogP contribution >= 0.6 is 0 Å². The third-order valence-electron chi connectivity index (χ3n) is 1.48. The number of pyridine rings is 1. The Morgan fingerprint density at radius 1 is 1.43 bits per heavy atom. The van der Waals surface area contributed by atoms with Gasteiger partial charge in [0.25, 0.3) is 0 Å². The van der Waals surface area contributed by atoms with Crippen molar-refractivity contribution in [1.82, 2.24) is 4.98 Å². The summed E-state index contributed by atoms with van der Waals surface area (Å²) < 4.78 is 4.47. The molecule has 14 heavy (non-hydrogen) atoms. The van der Waals surface area contributed by atoms with E-state index in [1.165, 1.54) is 26.3 Å². The first-order valence-electron chi connectivity index (χ1n) is 3.95. The molecule has 0 fully saturated rings. The maximum Gasteiger partial charge on any atom is 0.356 e. The van der Waals surface area contributed by atoms with Gasteiger partial charge in [-0.25, -0.2) is 9.78 Å². The van der Waals surface area contributed by atoms with Gasteiger partial charge in [0.15, 0.2) is 0 Å². The number of nitrogens with one attached hydrogen (secondary N) is 1. The van der Waals surface area contributed by atoms with Crippen LogP contribution in [0.1, 0.15) is 17.4 Å². The summed E-state index contributed by atoms with van der Waals surface area (Å²) >= 11 is 0. The van der Waals surface area contributed by atoms with Crippen molar-refractivity contribution in [2.24, 2.45) is 0 Å². The maximum atomic E-state index is 11.0. The number of carbonyl (C=O) groups is 2. The van der Waals surface area contributed by atoms with Gasteiger partial charge in [0.2, 0.25) is 5.91 Å². The third kappa shape index (κ3) is 2.55. The Hall–Kier alpha value is -1.91. The zero-order chi connectivity index (χ0) is 10.6. The van der Waals surface area contributed by atoms with Crippen LogP contribution < -0.4 is 5.32 Å². The first kappa shape index (κ1) is 10.2. The van der Waals surface area contributed by atoms with Crippen LogP contribution in [0.15, 0.2) is 18.3 Å². The van der Waals surface area contributed by atoms with E-state index in [4.69, 9.17) is 0 Å². The van der Waals surface area contributed by atoms with Crippen LogP contribution in [-0.2, 0) is 9.53 Å². The Balaban J connectivity index is 2.78. The summed E-state index contributed by atoms with van der Waals surface area (Å²) in [5, 5.41) is 2.54. The van der Waals surface area contributed by atoms with Gasteiger partial charge in [0.1, 0.15) is 5.69 Å². The van der Waals surface area contributed by atoms with Crippen LogP contribution in [0, 0.1) is 0 Å². The predicted octanol–water partition coefficient (Wildman–Crippen LogP) is 0.827. The van der Waals surface area contributed by atoms with Gasteiger partial charge in [-0.05, 0) is 12.1 Å². The lowest BCUT2D eigenvalue weighted by Crippen LogP contribution is -2.08. The van der Waals surface area contributed by atoms with E-state index in [0.29, 0.717) is 5.69 Å². The Morgan fingerprint density at radius 3 is 2.57 bits per heavy atom. The maximum absolute atomic E-state index is 11.0. The summed E-state index contributed by atoms with van der Waals surface area (Å²) in [4.78, 5) is 25.4. The highest BCUT2D eigenvalue weighted by Gasteiger charge is 2.06. The molecule has 0 unspecified atom stereocenters. The Kier molecular flexibility index (Phi) is 3.17. The van der Waals surface area contributed by atoms with Crippen LogP contribution in [-0.4, -0.2) is 24.0 Å². The van der Waals surface area contributed by atoms with Crippen LogP contribution in [0.2, 0.25) is 0 Å². The van der Waals surface area contributed by atoms with E-state index in [0.717, 1.165) is 0 Å². The van der Waals surface area contributed by atoms with E-state index in [9.17, 15) is 9.59 Å². The van der Waals surface area contributed by atoms with Gasteiger partial charge < -0.3 is 10.1 Å². The lowest BCUT2D eigenvalue weighted by Gasteiger charge is -2.01. The molecule has 0 saturated carbocycles. The number of methoxy groups -OCH3 is 1. The average Bonchev–Trinajstić information content (AvgIpc) is 2.17. The van der Waals surface area contributed by atoms with E-state index in [2.05, 4.69) is 15.0 Å². The predicted molar refractivity (Wildman–Crippen MR) is 49.9 cm³/mol. The Bertz CT molecular complexity index is 346. The molecule has 74 valence electrons. The molecule has 0 aromatic carbocycles. The summed E-state index contributed by atoms with van der Waals surface area (Å²) in [6, 6.07) is 3.07. The zero-order valence-electron chi connectivity index (χ0n) is 7.90. The van der Waals surface area contributed by atoms with Crippen molar-refractivity contribution in [2.45, 2.75) is 6.92 Å². The molecule has 0 spiro atoms. The van der Waals surface area contributed by atoms with Crippen LogP contribution in [0.4, 0.5) is 5.69 Å². The topological polar surface area (TPSA) is 68.3 Å². The second-order valence-corrected chi connectivity index (χ2v) is 2.60. The van der Waals surface area contributed by atoms with Crippen molar-refractivity contribution < 1.29 is 14.3 Å². The molecule has 0 aliphatic carbocycles. The second kappa shape index (κ2) is 4.36. The van der Waals surface area contributed by atoms with E-state index in [1.54, 1.807) is 6.07 Å². The lowest BCUT2D eigenvalue weighted by molar-refractivity contribution is -0.114. The summed E-state index contributed by atoms with van der Waals surface area (Å²) in [6.07, 6.45) is 1.40. The van der Waals surface area contributed by atoms with Gasteiger partial charge in [0.05, 0.1) is 19.0 Å². The fourth-order valence-corrected chi connectivity index (χ4v) is 0.896. The molecule has 5 heteroatoms. The molecule has 0 saturated heterocycles. The van der Waals surface area contributed by atoms with Gasteiger partial charge in [-0.1, -0.05) is 0 Å². The number of esters is 1. The van der Waals surface area contributed by atoms with Crippen LogP contribution in [0.5, 0.6) is 0 Å². The minimum Gasteiger partial charge on any atom is -0.464 e. The van der Waals surface area contributed by atoms with Gasteiger partial charge in [-0.15, -0.1) is 0 Å². The number of carbonyl (C=O) groups excluding carboxylic acids is 2. The minimum absolute atomic E-state index is 0.183. The number of anilines is 1. The molecule has 1 amide bonds. The van der Waals surface area contributed by atoms with Crippen molar-refractivity contribution in [1.29, 1.82) is 0 Å². The van der Waals surface area contributed by atoms with Crippen molar-refractivity contribution in [2.75, 3.05) is 12.4 Å². The molecule has 0 atom stereocenters. The highest BCUT2D eigenvalue weighted by molar-refractivity contribution is 5.90. The molecule has 0 aliphatic rings. The van der Waals surface area contributed by atoms with Crippen molar-refractivity contribution in [3.05, 3.63) is 24.0 Å². The van der Waals surface area contributed by atoms with Gasteiger partial charge in [-0.2, -0.15) is 0 Å². The molecular weight excluding hydrogens is 184 g/mol. The van der Waals surface area contributed by atoms with E-state index >= 15 is 0 Å². The minimum atomic E-state index is -0.501. The normalized spacial score (nSPS) is 9.29. The van der Waals surface area contributed by atoms with Crippen LogP contribution in [0.25, 0.3) is 0 Å². The van der Waals surface area contributed by atoms with Crippen LogP contribution in [0.3, 0.4) is 0 Å². The monoisotopic (exact) mass is 194 g/mol. The zero-order valence-corrected chi connectivity index (χ0v) is 7.90. The van der Waals surface area contributed by atoms with E-state index in [1.807, 2.05) is 0 Å². The number of amides is 1. The summed E-state index contributed by atoms with van der Waals surface area (Å²) in [5.74, 6) is -0.683. The van der Waals surface area contributed by atoms with Crippen molar-refractivity contribution in [3.8, 4) is 0 Å². The molecule has 1 heterocycles. The Labute approximate surface area is 81.1 Å². The number of aromatic nitrogens is 1. The summed E-state index contributed by atoms with van der Waals surface area (Å²) in [5.41, 5.74) is 0.756. The molecule has 5 nitrogen and oxygen atoms in total. The molecule has 1 N–H and O–H groups in total. The molecule has 0 radical (unpaired) electrons. The molecular formula is C9H10N2O3. The average molecular weight is 194 g/mol. The van der Waals surface area contributed by atoms with Gasteiger partial charge in [-0.3, -0.25) is 4.79 Å². The van der Waals surface area contributed by atoms with E-state index in [-0.39, 0.29) is 11.6 Å². The van der Waals surface area contributed by atoms with Crippen molar-refractivity contribution >= 4 is 17.6 Å². The van der Waals surface area contributed by atoms with Gasteiger partial charge in [0, 0.05) is 6.92 Å². The fraction of sp³-hybridized carbons (Fsp3) is 0.222. The SMILES string of the molecule is COC(=O)c1ccc(NC(C)=O)cn1.